The van der Waals surface area contributed by atoms with E-state index in [2.05, 4.69) is 60.4 Å². The average molecular weight is 345 g/mol. The number of furan rings is 1. The number of hydrogen-bond donors (Lipinski definition) is 0. The van der Waals surface area contributed by atoms with Crippen molar-refractivity contribution in [3.63, 3.8) is 0 Å². The smallest absolute Gasteiger partial charge is 0.134 e. The van der Waals surface area contributed by atoms with Crippen LogP contribution in [0.5, 0.6) is 0 Å². The van der Waals surface area contributed by atoms with Gasteiger partial charge in [-0.25, -0.2) is 0 Å². The zero-order chi connectivity index (χ0) is 17.5. The maximum absolute atomic E-state index is 6.12. The highest BCUT2D eigenvalue weighted by Gasteiger charge is 2.24. The highest BCUT2D eigenvalue weighted by atomic mass is 16.3. The predicted molar refractivity (Wildman–Crippen MR) is 107 cm³/mol. The lowest BCUT2D eigenvalue weighted by Gasteiger charge is -2.19. The van der Waals surface area contributed by atoms with E-state index in [9.17, 15) is 0 Å². The second-order valence-electron chi connectivity index (χ2n) is 8.08. The van der Waals surface area contributed by atoms with Gasteiger partial charge in [-0.1, -0.05) is 30.3 Å². The summed E-state index contributed by atoms with van der Waals surface area (Å²) in [6.07, 6.45) is 6.12. The molecule has 1 aliphatic carbocycles. The van der Waals surface area contributed by atoms with E-state index in [4.69, 9.17) is 4.42 Å². The lowest BCUT2D eigenvalue weighted by atomic mass is 9.92. The number of rotatable bonds is 4. The number of benzene rings is 2. The first kappa shape index (κ1) is 16.1. The number of hydrogen-bond acceptors (Lipinski definition) is 2. The van der Waals surface area contributed by atoms with Gasteiger partial charge in [0.1, 0.15) is 11.3 Å². The highest BCUT2D eigenvalue weighted by Crippen LogP contribution is 2.39. The molecular formula is C24H27NO. The van der Waals surface area contributed by atoms with Crippen molar-refractivity contribution >= 4 is 11.0 Å². The standard InChI is InChI=1S/C24H27NO/c1-17-5-4-13-25(17)14-12-21-16-20-15-19(9-11-24(20)26-21)23-10-8-18-6-2-3-7-22(18)23/h2-3,6-7,9,11,15-17,23H,4-5,8,10,12-14H2,1H3/t17-,23?/m1/s1. The Morgan fingerprint density at radius 2 is 2.00 bits per heavy atom. The first-order valence-electron chi connectivity index (χ1n) is 10.1. The average Bonchev–Trinajstić information content (AvgIpc) is 3.36. The molecule has 1 aliphatic heterocycles. The summed E-state index contributed by atoms with van der Waals surface area (Å²) in [5, 5.41) is 1.26. The van der Waals surface area contributed by atoms with Gasteiger partial charge in [0, 0.05) is 30.3 Å². The number of fused-ring (bicyclic) bond motifs is 2. The highest BCUT2D eigenvalue weighted by molar-refractivity contribution is 5.79. The van der Waals surface area contributed by atoms with Gasteiger partial charge in [-0.3, -0.25) is 0 Å². The second kappa shape index (κ2) is 6.59. The molecule has 2 heteroatoms. The van der Waals surface area contributed by atoms with Gasteiger partial charge < -0.3 is 9.32 Å². The Labute approximate surface area is 155 Å². The van der Waals surface area contributed by atoms with Crippen LogP contribution in [-0.2, 0) is 12.8 Å². The summed E-state index contributed by atoms with van der Waals surface area (Å²) < 4.78 is 6.12. The van der Waals surface area contributed by atoms with Crippen molar-refractivity contribution in [2.24, 2.45) is 0 Å². The summed E-state index contributed by atoms with van der Waals surface area (Å²) in [5.74, 6) is 1.67. The lowest BCUT2D eigenvalue weighted by molar-refractivity contribution is 0.266. The summed E-state index contributed by atoms with van der Waals surface area (Å²) in [6.45, 7) is 4.70. The Morgan fingerprint density at radius 3 is 2.88 bits per heavy atom. The molecule has 0 N–H and O–H groups in total. The Morgan fingerprint density at radius 1 is 1.08 bits per heavy atom. The molecule has 1 fully saturated rings. The minimum absolute atomic E-state index is 0.541. The van der Waals surface area contributed by atoms with Crippen molar-refractivity contribution in [3.05, 3.63) is 71.0 Å². The minimum Gasteiger partial charge on any atom is -0.461 e. The Kier molecular flexibility index (Phi) is 4.09. The molecule has 1 unspecified atom stereocenters. The van der Waals surface area contributed by atoms with Crippen LogP contribution < -0.4 is 0 Å². The van der Waals surface area contributed by atoms with E-state index in [-0.39, 0.29) is 0 Å². The molecule has 2 atom stereocenters. The van der Waals surface area contributed by atoms with E-state index < -0.39 is 0 Å². The Hall–Kier alpha value is -2.06. The third kappa shape index (κ3) is 2.87. The third-order valence-electron chi connectivity index (χ3n) is 6.46. The van der Waals surface area contributed by atoms with Crippen LogP contribution in [0, 0.1) is 0 Å². The molecule has 26 heavy (non-hydrogen) atoms. The molecule has 2 heterocycles. The van der Waals surface area contributed by atoms with Gasteiger partial charge in [-0.15, -0.1) is 0 Å². The molecule has 0 amide bonds. The Bertz CT molecular complexity index is 925. The fraction of sp³-hybridized carbons (Fsp3) is 0.417. The molecular weight excluding hydrogens is 318 g/mol. The lowest BCUT2D eigenvalue weighted by Crippen LogP contribution is -2.28. The van der Waals surface area contributed by atoms with E-state index in [1.165, 1.54) is 54.3 Å². The van der Waals surface area contributed by atoms with Crippen molar-refractivity contribution < 1.29 is 4.42 Å². The summed E-state index contributed by atoms with van der Waals surface area (Å²) in [6, 6.07) is 18.7. The zero-order valence-electron chi connectivity index (χ0n) is 15.6. The number of nitrogens with zero attached hydrogens (tertiary/aromatic N) is 1. The number of aryl methyl sites for hydroxylation is 1. The molecule has 0 spiro atoms. The summed E-state index contributed by atoms with van der Waals surface area (Å²) in [7, 11) is 0. The maximum atomic E-state index is 6.12. The van der Waals surface area contributed by atoms with Crippen LogP contribution >= 0.6 is 0 Å². The molecule has 1 saturated heterocycles. The van der Waals surface area contributed by atoms with Gasteiger partial charge in [-0.05, 0) is 74.0 Å². The van der Waals surface area contributed by atoms with Crippen LogP contribution in [-0.4, -0.2) is 24.0 Å². The van der Waals surface area contributed by atoms with E-state index in [0.29, 0.717) is 5.92 Å². The first-order chi connectivity index (χ1) is 12.8. The SMILES string of the molecule is C[C@@H]1CCCN1CCc1cc2cc(C3CCc4ccccc43)ccc2o1. The first-order valence-corrected chi connectivity index (χ1v) is 10.1. The normalized spacial score (nSPS) is 23.0. The van der Waals surface area contributed by atoms with Crippen LogP contribution in [0.25, 0.3) is 11.0 Å². The largest absolute Gasteiger partial charge is 0.461 e. The molecule has 3 aromatic rings. The van der Waals surface area contributed by atoms with Crippen molar-refractivity contribution in [2.75, 3.05) is 13.1 Å². The molecule has 0 radical (unpaired) electrons. The van der Waals surface area contributed by atoms with Crippen molar-refractivity contribution in [3.8, 4) is 0 Å². The summed E-state index contributed by atoms with van der Waals surface area (Å²) in [4.78, 5) is 2.59. The van der Waals surface area contributed by atoms with E-state index in [1.807, 2.05) is 0 Å². The van der Waals surface area contributed by atoms with Crippen LogP contribution in [0.2, 0.25) is 0 Å². The Balaban J connectivity index is 1.37. The fourth-order valence-corrected chi connectivity index (χ4v) is 4.94. The maximum Gasteiger partial charge on any atom is 0.134 e. The molecule has 2 aliphatic rings. The zero-order valence-corrected chi connectivity index (χ0v) is 15.6. The van der Waals surface area contributed by atoms with Crippen LogP contribution in [0.1, 0.15) is 54.6 Å². The van der Waals surface area contributed by atoms with Gasteiger partial charge in [-0.2, -0.15) is 0 Å². The quantitative estimate of drug-likeness (QED) is 0.617. The summed E-state index contributed by atoms with van der Waals surface area (Å²) in [5.41, 5.74) is 5.50. The molecule has 5 rings (SSSR count). The van der Waals surface area contributed by atoms with Crippen LogP contribution in [0.3, 0.4) is 0 Å². The molecule has 1 aromatic heterocycles. The molecule has 2 nitrogen and oxygen atoms in total. The summed E-state index contributed by atoms with van der Waals surface area (Å²) >= 11 is 0. The van der Waals surface area contributed by atoms with Crippen molar-refractivity contribution in [1.29, 1.82) is 0 Å². The van der Waals surface area contributed by atoms with Gasteiger partial charge in [0.25, 0.3) is 0 Å². The van der Waals surface area contributed by atoms with Gasteiger partial charge in [0.15, 0.2) is 0 Å². The van der Waals surface area contributed by atoms with Crippen molar-refractivity contribution in [1.82, 2.24) is 4.90 Å². The van der Waals surface area contributed by atoms with Crippen molar-refractivity contribution in [2.45, 2.75) is 51.0 Å². The second-order valence-corrected chi connectivity index (χ2v) is 8.08. The molecule has 134 valence electrons. The number of likely N-dealkylation sites (tertiary alicyclic amines) is 1. The van der Waals surface area contributed by atoms with Gasteiger partial charge in [0.2, 0.25) is 0 Å². The van der Waals surface area contributed by atoms with E-state index in [1.54, 1.807) is 0 Å². The van der Waals surface area contributed by atoms with E-state index in [0.717, 1.165) is 30.4 Å². The van der Waals surface area contributed by atoms with E-state index >= 15 is 0 Å². The van der Waals surface area contributed by atoms with Gasteiger partial charge in [0.05, 0.1) is 0 Å². The molecule has 2 aromatic carbocycles. The van der Waals surface area contributed by atoms with Crippen LogP contribution in [0.4, 0.5) is 0 Å². The monoisotopic (exact) mass is 345 g/mol. The van der Waals surface area contributed by atoms with Crippen LogP contribution in [0.15, 0.2) is 52.9 Å². The fourth-order valence-electron chi connectivity index (χ4n) is 4.94. The van der Waals surface area contributed by atoms with Gasteiger partial charge >= 0.3 is 0 Å². The molecule has 0 bridgehead atoms. The minimum atomic E-state index is 0.541. The molecule has 0 saturated carbocycles. The third-order valence-corrected chi connectivity index (χ3v) is 6.46. The topological polar surface area (TPSA) is 16.4 Å². The predicted octanol–water partition coefficient (Wildman–Crippen LogP) is 5.54.